The van der Waals surface area contributed by atoms with Crippen LogP contribution in [0.5, 0.6) is 0 Å². The summed E-state index contributed by atoms with van der Waals surface area (Å²) in [5.41, 5.74) is 3.93. The summed E-state index contributed by atoms with van der Waals surface area (Å²) in [5, 5.41) is 2.96. The number of piperazine rings is 1. The Labute approximate surface area is 161 Å². The Bertz CT molecular complexity index is 909. The van der Waals surface area contributed by atoms with Crippen LogP contribution >= 0.6 is 22.7 Å². The predicted molar refractivity (Wildman–Crippen MR) is 109 cm³/mol. The van der Waals surface area contributed by atoms with Gasteiger partial charge in [-0.2, -0.15) is 0 Å². The van der Waals surface area contributed by atoms with Crippen molar-refractivity contribution < 1.29 is 4.79 Å². The van der Waals surface area contributed by atoms with Crippen LogP contribution in [0.2, 0.25) is 0 Å². The molecule has 1 fully saturated rings. The highest BCUT2D eigenvalue weighted by Gasteiger charge is 2.24. The Morgan fingerprint density at radius 1 is 1.08 bits per heavy atom. The average molecular weight is 384 g/mol. The van der Waals surface area contributed by atoms with Crippen molar-refractivity contribution in [2.24, 2.45) is 0 Å². The number of thiophene rings is 1. The third-order valence-corrected chi connectivity index (χ3v) is 6.96. The molecule has 134 valence electrons. The Hall–Kier alpha value is -2.18. The molecule has 0 unspecified atom stereocenters. The Morgan fingerprint density at radius 3 is 2.62 bits per heavy atom. The number of aryl methyl sites for hydroxylation is 1. The number of anilines is 1. The number of hydrogen-bond donors (Lipinski definition) is 0. The standard InChI is InChI=1S/C20H21N3OS2/c1-14-5-3-6-16(15(14)2)22-8-10-23(11-9-22)20(24)18-13-21-19(26-18)17-7-4-12-25-17/h3-7,12-13H,8-11H2,1-2H3. The number of hydrogen-bond acceptors (Lipinski definition) is 5. The number of aromatic nitrogens is 1. The van der Waals surface area contributed by atoms with E-state index in [9.17, 15) is 4.79 Å². The van der Waals surface area contributed by atoms with E-state index in [0.29, 0.717) is 0 Å². The molecule has 1 saturated heterocycles. The van der Waals surface area contributed by atoms with Crippen LogP contribution in [0.4, 0.5) is 5.69 Å². The number of amides is 1. The largest absolute Gasteiger partial charge is 0.368 e. The monoisotopic (exact) mass is 383 g/mol. The summed E-state index contributed by atoms with van der Waals surface area (Å²) in [5.74, 6) is 0.103. The number of benzene rings is 1. The van der Waals surface area contributed by atoms with Crippen LogP contribution in [0.25, 0.3) is 9.88 Å². The van der Waals surface area contributed by atoms with Gasteiger partial charge in [-0.3, -0.25) is 4.79 Å². The summed E-state index contributed by atoms with van der Waals surface area (Å²) in [6, 6.07) is 10.5. The minimum absolute atomic E-state index is 0.103. The topological polar surface area (TPSA) is 36.4 Å². The second-order valence-corrected chi connectivity index (χ2v) is 8.48. The average Bonchev–Trinajstić information content (AvgIpc) is 3.35. The highest BCUT2D eigenvalue weighted by atomic mass is 32.1. The summed E-state index contributed by atoms with van der Waals surface area (Å²) < 4.78 is 0. The van der Waals surface area contributed by atoms with Gasteiger partial charge in [-0.15, -0.1) is 22.7 Å². The zero-order chi connectivity index (χ0) is 18.1. The third kappa shape index (κ3) is 3.27. The molecular weight excluding hydrogens is 362 g/mol. The molecule has 6 heteroatoms. The molecule has 3 heterocycles. The summed E-state index contributed by atoms with van der Waals surface area (Å²) in [6.45, 7) is 7.55. The number of thiazole rings is 1. The van der Waals surface area contributed by atoms with E-state index in [-0.39, 0.29) is 5.91 Å². The van der Waals surface area contributed by atoms with Gasteiger partial charge >= 0.3 is 0 Å². The predicted octanol–water partition coefficient (Wildman–Crippen LogP) is 4.45. The van der Waals surface area contributed by atoms with Gasteiger partial charge in [-0.05, 0) is 42.5 Å². The van der Waals surface area contributed by atoms with Crippen LogP contribution in [0.1, 0.15) is 20.8 Å². The van der Waals surface area contributed by atoms with Gasteiger partial charge < -0.3 is 9.80 Å². The molecule has 1 aliphatic heterocycles. The van der Waals surface area contributed by atoms with E-state index >= 15 is 0 Å². The van der Waals surface area contributed by atoms with Gasteiger partial charge in [-0.25, -0.2) is 4.98 Å². The van der Waals surface area contributed by atoms with E-state index in [4.69, 9.17) is 0 Å². The quantitative estimate of drug-likeness (QED) is 0.670. The van der Waals surface area contributed by atoms with E-state index in [1.807, 2.05) is 22.4 Å². The van der Waals surface area contributed by atoms with Crippen LogP contribution in [-0.4, -0.2) is 42.0 Å². The van der Waals surface area contributed by atoms with E-state index in [2.05, 4.69) is 41.9 Å². The smallest absolute Gasteiger partial charge is 0.265 e. The van der Waals surface area contributed by atoms with Gasteiger partial charge in [0.25, 0.3) is 5.91 Å². The van der Waals surface area contributed by atoms with Crippen molar-refractivity contribution in [2.45, 2.75) is 13.8 Å². The Kier molecular flexibility index (Phi) is 4.78. The zero-order valence-corrected chi connectivity index (χ0v) is 16.6. The number of rotatable bonds is 3. The van der Waals surface area contributed by atoms with Crippen molar-refractivity contribution in [3.05, 3.63) is 57.9 Å². The highest BCUT2D eigenvalue weighted by Crippen LogP contribution is 2.30. The van der Waals surface area contributed by atoms with Gasteiger partial charge in [0.2, 0.25) is 0 Å². The summed E-state index contributed by atoms with van der Waals surface area (Å²) in [7, 11) is 0. The van der Waals surface area contributed by atoms with E-state index < -0.39 is 0 Å². The van der Waals surface area contributed by atoms with Crippen LogP contribution in [0, 0.1) is 13.8 Å². The first kappa shape index (κ1) is 17.2. The Morgan fingerprint density at radius 2 is 1.88 bits per heavy atom. The van der Waals surface area contributed by atoms with Crippen LogP contribution in [0.3, 0.4) is 0 Å². The Balaban J connectivity index is 1.43. The fourth-order valence-corrected chi connectivity index (χ4v) is 4.96. The van der Waals surface area contributed by atoms with Gasteiger partial charge in [0.05, 0.1) is 11.1 Å². The lowest BCUT2D eigenvalue weighted by atomic mass is 10.1. The molecule has 4 nitrogen and oxygen atoms in total. The van der Waals surface area contributed by atoms with Crippen molar-refractivity contribution in [3.8, 4) is 9.88 Å². The summed E-state index contributed by atoms with van der Waals surface area (Å²) in [4.78, 5) is 23.4. The van der Waals surface area contributed by atoms with E-state index in [1.54, 1.807) is 17.5 Å². The second-order valence-electron chi connectivity index (χ2n) is 6.51. The maximum atomic E-state index is 12.8. The molecule has 0 spiro atoms. The SMILES string of the molecule is Cc1cccc(N2CCN(C(=O)c3cnc(-c4cccs4)s3)CC2)c1C. The lowest BCUT2D eigenvalue weighted by Crippen LogP contribution is -2.48. The molecule has 0 bridgehead atoms. The lowest BCUT2D eigenvalue weighted by molar-refractivity contribution is 0.0751. The van der Waals surface area contributed by atoms with Crippen LogP contribution < -0.4 is 4.90 Å². The lowest BCUT2D eigenvalue weighted by Gasteiger charge is -2.36. The van der Waals surface area contributed by atoms with Crippen molar-refractivity contribution in [2.75, 3.05) is 31.1 Å². The molecule has 0 N–H and O–H groups in total. The van der Waals surface area contributed by atoms with Gasteiger partial charge in [-0.1, -0.05) is 18.2 Å². The molecule has 1 amide bonds. The molecule has 1 aliphatic rings. The van der Waals surface area contributed by atoms with Gasteiger partial charge in [0.1, 0.15) is 9.88 Å². The van der Waals surface area contributed by atoms with Crippen LogP contribution in [0.15, 0.2) is 41.9 Å². The molecule has 0 aliphatic carbocycles. The molecule has 3 aromatic rings. The fraction of sp³-hybridized carbons (Fsp3) is 0.300. The van der Waals surface area contributed by atoms with Gasteiger partial charge in [0.15, 0.2) is 0 Å². The summed E-state index contributed by atoms with van der Waals surface area (Å²) in [6.07, 6.45) is 1.72. The molecule has 0 atom stereocenters. The fourth-order valence-electron chi connectivity index (χ4n) is 3.27. The van der Waals surface area contributed by atoms with E-state index in [1.165, 1.54) is 28.2 Å². The van der Waals surface area contributed by atoms with Crippen LogP contribution in [-0.2, 0) is 0 Å². The van der Waals surface area contributed by atoms with Crippen molar-refractivity contribution in [1.82, 2.24) is 9.88 Å². The molecule has 0 radical (unpaired) electrons. The molecule has 1 aromatic carbocycles. The highest BCUT2D eigenvalue weighted by molar-refractivity contribution is 7.21. The van der Waals surface area contributed by atoms with Crippen molar-refractivity contribution in [3.63, 3.8) is 0 Å². The molecule has 4 rings (SSSR count). The first-order chi connectivity index (χ1) is 12.6. The number of carbonyl (C=O) groups is 1. The third-order valence-electron chi connectivity index (χ3n) is 4.93. The van der Waals surface area contributed by atoms with E-state index in [0.717, 1.165) is 40.9 Å². The maximum Gasteiger partial charge on any atom is 0.265 e. The maximum absolute atomic E-state index is 12.8. The second kappa shape index (κ2) is 7.21. The minimum Gasteiger partial charge on any atom is -0.368 e. The first-order valence-electron chi connectivity index (χ1n) is 8.73. The zero-order valence-electron chi connectivity index (χ0n) is 14.9. The molecule has 2 aromatic heterocycles. The van der Waals surface area contributed by atoms with Gasteiger partial charge in [0, 0.05) is 31.9 Å². The molecular formula is C20H21N3OS2. The normalized spacial score (nSPS) is 14.7. The summed E-state index contributed by atoms with van der Waals surface area (Å²) >= 11 is 3.14. The number of nitrogens with zero attached hydrogens (tertiary/aromatic N) is 3. The minimum atomic E-state index is 0.103. The first-order valence-corrected chi connectivity index (χ1v) is 10.4. The molecule has 26 heavy (non-hydrogen) atoms. The van der Waals surface area contributed by atoms with Crippen molar-refractivity contribution in [1.29, 1.82) is 0 Å². The van der Waals surface area contributed by atoms with Crippen molar-refractivity contribution >= 4 is 34.3 Å². The number of carbonyl (C=O) groups excluding carboxylic acids is 1. The molecule has 0 saturated carbocycles.